The van der Waals surface area contributed by atoms with Crippen molar-refractivity contribution in [1.82, 2.24) is 20.4 Å². The Kier molecular flexibility index (Phi) is 4.64. The van der Waals surface area contributed by atoms with Crippen molar-refractivity contribution < 1.29 is 13.2 Å². The molecule has 0 saturated heterocycles. The zero-order chi connectivity index (χ0) is 17.3. The molecule has 3 rings (SSSR count). The number of hydrogen-bond acceptors (Lipinski definition) is 5. The Hall–Kier alpha value is -1.87. The second kappa shape index (κ2) is 6.56. The summed E-state index contributed by atoms with van der Waals surface area (Å²) in [4.78, 5) is 12.8. The van der Waals surface area contributed by atoms with Gasteiger partial charge in [0.25, 0.3) is 0 Å². The average Bonchev–Trinajstić information content (AvgIpc) is 3.11. The van der Waals surface area contributed by atoms with Crippen LogP contribution in [-0.4, -0.2) is 30.5 Å². The topological polar surface area (TPSA) is 93.1 Å². The Balaban J connectivity index is 1.51. The molecule has 0 atom stereocenters. The number of amides is 2. The average molecular weight is 368 g/mol. The van der Waals surface area contributed by atoms with Gasteiger partial charge in [-0.3, -0.25) is 4.68 Å². The third-order valence-corrected chi connectivity index (χ3v) is 6.86. The highest BCUT2D eigenvalue weighted by Crippen LogP contribution is 2.41. The summed E-state index contributed by atoms with van der Waals surface area (Å²) in [6, 6.07) is 2.99. The monoisotopic (exact) mass is 368 g/mol. The first kappa shape index (κ1) is 17.0. The molecule has 9 heteroatoms. The molecule has 7 nitrogen and oxygen atoms in total. The fraction of sp³-hybridized carbons (Fsp3) is 0.467. The highest BCUT2D eigenvalue weighted by atomic mass is 32.2. The van der Waals surface area contributed by atoms with Gasteiger partial charge in [-0.05, 0) is 36.5 Å². The smallest absolute Gasteiger partial charge is 0.315 e. The molecular formula is C15H20N4O3S2. The van der Waals surface area contributed by atoms with E-state index in [0.717, 1.165) is 10.6 Å². The van der Waals surface area contributed by atoms with Gasteiger partial charge in [-0.25, -0.2) is 13.2 Å². The number of urea groups is 1. The van der Waals surface area contributed by atoms with Crippen LogP contribution in [0.2, 0.25) is 0 Å². The van der Waals surface area contributed by atoms with Crippen molar-refractivity contribution in [2.24, 2.45) is 7.05 Å². The number of nitrogens with one attached hydrogen (secondary N) is 2. The molecule has 24 heavy (non-hydrogen) atoms. The fourth-order valence-electron chi connectivity index (χ4n) is 2.48. The lowest BCUT2D eigenvalue weighted by molar-refractivity contribution is 0.240. The third kappa shape index (κ3) is 3.96. The largest absolute Gasteiger partial charge is 0.333 e. The Morgan fingerprint density at radius 1 is 1.33 bits per heavy atom. The van der Waals surface area contributed by atoms with E-state index in [0.29, 0.717) is 23.2 Å². The van der Waals surface area contributed by atoms with Crippen molar-refractivity contribution in [1.29, 1.82) is 0 Å². The lowest BCUT2D eigenvalue weighted by Crippen LogP contribution is -2.35. The van der Waals surface area contributed by atoms with E-state index in [1.165, 1.54) is 36.0 Å². The van der Waals surface area contributed by atoms with Crippen LogP contribution >= 0.6 is 11.3 Å². The molecule has 0 spiro atoms. The summed E-state index contributed by atoms with van der Waals surface area (Å²) in [6.07, 6.45) is 5.43. The zero-order valence-electron chi connectivity index (χ0n) is 13.6. The number of thiophene rings is 1. The molecule has 0 aromatic carbocycles. The van der Waals surface area contributed by atoms with Gasteiger partial charge in [0.15, 0.2) is 9.84 Å². The molecule has 0 aliphatic heterocycles. The van der Waals surface area contributed by atoms with Crippen molar-refractivity contribution in [3.8, 4) is 0 Å². The van der Waals surface area contributed by atoms with Crippen LogP contribution in [0.3, 0.4) is 0 Å². The van der Waals surface area contributed by atoms with Crippen LogP contribution in [-0.2, 0) is 30.0 Å². The number of carbonyl (C=O) groups is 1. The van der Waals surface area contributed by atoms with Crippen LogP contribution in [0.1, 0.15) is 34.9 Å². The molecule has 130 valence electrons. The van der Waals surface area contributed by atoms with Crippen LogP contribution in [0.5, 0.6) is 0 Å². The standard InChI is InChI=1S/C15H20N4O3S2/c1-19-13(12(8-18-19)10-3-4-10)9-17-15(20)16-7-11-5-6-14(23-11)24(2,21)22/h5-6,8,10H,3-4,7,9H2,1-2H3,(H2,16,17,20). The Labute approximate surface area is 145 Å². The van der Waals surface area contributed by atoms with Crippen LogP contribution in [0.25, 0.3) is 0 Å². The van der Waals surface area contributed by atoms with Gasteiger partial charge >= 0.3 is 6.03 Å². The maximum Gasteiger partial charge on any atom is 0.315 e. The van der Waals surface area contributed by atoms with E-state index in [-0.39, 0.29) is 6.03 Å². The number of carbonyl (C=O) groups excluding carboxylic acids is 1. The number of rotatable bonds is 6. The molecule has 2 aromatic heterocycles. The molecule has 2 aromatic rings. The van der Waals surface area contributed by atoms with Gasteiger partial charge in [0.2, 0.25) is 0 Å². The van der Waals surface area contributed by atoms with Gasteiger partial charge in [0.1, 0.15) is 4.21 Å². The molecular weight excluding hydrogens is 348 g/mol. The first-order chi connectivity index (χ1) is 11.3. The van der Waals surface area contributed by atoms with E-state index in [2.05, 4.69) is 15.7 Å². The summed E-state index contributed by atoms with van der Waals surface area (Å²) >= 11 is 1.17. The lowest BCUT2D eigenvalue weighted by Gasteiger charge is -2.09. The van der Waals surface area contributed by atoms with Crippen LogP contribution < -0.4 is 10.6 Å². The quantitative estimate of drug-likeness (QED) is 0.812. The van der Waals surface area contributed by atoms with Crippen molar-refractivity contribution in [2.75, 3.05) is 6.26 Å². The van der Waals surface area contributed by atoms with Gasteiger partial charge in [0.05, 0.1) is 25.0 Å². The summed E-state index contributed by atoms with van der Waals surface area (Å²) in [7, 11) is -1.32. The number of sulfone groups is 1. The third-order valence-electron chi connectivity index (χ3n) is 3.95. The second-order valence-corrected chi connectivity index (χ2v) is 9.38. The first-order valence-electron chi connectivity index (χ1n) is 7.66. The highest BCUT2D eigenvalue weighted by Gasteiger charge is 2.28. The second-order valence-electron chi connectivity index (χ2n) is 5.97. The maximum atomic E-state index is 12.0. The van der Waals surface area contributed by atoms with Gasteiger partial charge in [-0.1, -0.05) is 0 Å². The number of nitrogens with zero attached hydrogens (tertiary/aromatic N) is 2. The molecule has 1 aliphatic carbocycles. The van der Waals surface area contributed by atoms with Crippen molar-refractivity contribution >= 4 is 27.2 Å². The minimum absolute atomic E-state index is 0.285. The first-order valence-corrected chi connectivity index (χ1v) is 10.4. The molecule has 0 unspecified atom stereocenters. The molecule has 0 bridgehead atoms. The van der Waals surface area contributed by atoms with Crippen LogP contribution in [0, 0.1) is 0 Å². The predicted octanol–water partition coefficient (Wildman–Crippen LogP) is 1.76. The minimum Gasteiger partial charge on any atom is -0.333 e. The molecule has 1 aliphatic rings. The van der Waals surface area contributed by atoms with E-state index in [1.807, 2.05) is 13.2 Å². The normalized spacial score (nSPS) is 14.6. The SMILES string of the molecule is Cn1ncc(C2CC2)c1CNC(=O)NCc1ccc(S(C)(=O)=O)s1. The molecule has 0 radical (unpaired) electrons. The number of aromatic nitrogens is 2. The Morgan fingerprint density at radius 3 is 2.67 bits per heavy atom. The van der Waals surface area contributed by atoms with Crippen molar-refractivity contribution in [2.45, 2.75) is 36.1 Å². The zero-order valence-corrected chi connectivity index (χ0v) is 15.2. The van der Waals surface area contributed by atoms with Crippen LogP contribution in [0.4, 0.5) is 4.79 Å². The summed E-state index contributed by atoms with van der Waals surface area (Å²) in [5, 5.41) is 9.84. The Morgan fingerprint density at radius 2 is 2.04 bits per heavy atom. The van der Waals surface area contributed by atoms with Gasteiger partial charge < -0.3 is 10.6 Å². The molecule has 1 fully saturated rings. The van der Waals surface area contributed by atoms with E-state index >= 15 is 0 Å². The molecule has 2 heterocycles. The summed E-state index contributed by atoms with van der Waals surface area (Å²) in [5.41, 5.74) is 2.25. The fourth-order valence-corrected chi connectivity index (χ4v) is 4.39. The maximum absolute atomic E-state index is 12.0. The van der Waals surface area contributed by atoms with E-state index < -0.39 is 9.84 Å². The van der Waals surface area contributed by atoms with E-state index in [1.54, 1.807) is 16.8 Å². The summed E-state index contributed by atoms with van der Waals surface area (Å²) in [5.74, 6) is 0.582. The summed E-state index contributed by atoms with van der Waals surface area (Å²) < 4.78 is 25.0. The van der Waals surface area contributed by atoms with E-state index in [4.69, 9.17) is 0 Å². The molecule has 2 N–H and O–H groups in total. The molecule has 1 saturated carbocycles. The van der Waals surface area contributed by atoms with Gasteiger partial charge in [-0.15, -0.1) is 11.3 Å². The minimum atomic E-state index is -3.19. The van der Waals surface area contributed by atoms with E-state index in [9.17, 15) is 13.2 Å². The summed E-state index contributed by atoms with van der Waals surface area (Å²) in [6.45, 7) is 0.722. The molecule has 2 amide bonds. The van der Waals surface area contributed by atoms with Crippen molar-refractivity contribution in [3.05, 3.63) is 34.5 Å². The highest BCUT2D eigenvalue weighted by molar-refractivity contribution is 7.92. The van der Waals surface area contributed by atoms with Crippen molar-refractivity contribution in [3.63, 3.8) is 0 Å². The van der Waals surface area contributed by atoms with Crippen LogP contribution in [0.15, 0.2) is 22.5 Å². The number of hydrogen-bond donors (Lipinski definition) is 2. The van der Waals surface area contributed by atoms with Gasteiger partial charge in [0, 0.05) is 18.2 Å². The predicted molar refractivity (Wildman–Crippen MR) is 91.7 cm³/mol. The Bertz CT molecular complexity index is 850. The lowest BCUT2D eigenvalue weighted by atomic mass is 10.1. The number of aryl methyl sites for hydroxylation is 1. The van der Waals surface area contributed by atoms with Gasteiger partial charge in [-0.2, -0.15) is 5.10 Å².